The lowest BCUT2D eigenvalue weighted by Crippen LogP contribution is -2.27. The van der Waals surface area contributed by atoms with Crippen LogP contribution in [0.4, 0.5) is 0 Å². The van der Waals surface area contributed by atoms with E-state index in [2.05, 4.69) is 532 Å². The Morgan fingerprint density at radius 1 is 0.191 bits per heavy atom. The average Bonchev–Trinajstić information content (AvgIpc) is 1.50. The molecule has 0 bridgehead atoms. The Morgan fingerprint density at radius 3 is 0.879 bits per heavy atom. The van der Waals surface area contributed by atoms with E-state index in [-0.39, 0.29) is 27.1 Å². The molecule has 1 unspecified atom stereocenters. The summed E-state index contributed by atoms with van der Waals surface area (Å²) in [4.78, 5) is 0. The molecule has 0 nitrogen and oxygen atoms in total. The van der Waals surface area contributed by atoms with Crippen LogP contribution in [0.2, 0.25) is 0 Å². The molecule has 714 valence electrons. The first kappa shape index (κ1) is 101. The summed E-state index contributed by atoms with van der Waals surface area (Å²) in [5.41, 5.74) is 71.5. The first-order valence-corrected chi connectivity index (χ1v) is 51.3. The van der Waals surface area contributed by atoms with E-state index in [0.29, 0.717) is 5.92 Å². The van der Waals surface area contributed by atoms with Crippen molar-refractivity contribution in [2.45, 2.75) is 261 Å². The summed E-state index contributed by atoms with van der Waals surface area (Å²) in [5.74, 6) is 0.296. The summed E-state index contributed by atoms with van der Waals surface area (Å²) < 4.78 is 0. The maximum Gasteiger partial charge on any atom is 0.0725 e. The van der Waals surface area contributed by atoms with Gasteiger partial charge in [-0.3, -0.25) is 0 Å². The number of hydrogen-bond donors (Lipinski definition) is 0. The predicted octanol–water partition coefficient (Wildman–Crippen LogP) is 38.0. The maximum atomic E-state index is 2.52. The van der Waals surface area contributed by atoms with Crippen molar-refractivity contribution in [3.05, 3.63) is 526 Å². The van der Waals surface area contributed by atoms with Gasteiger partial charge in [-0.25, -0.2) is 0 Å². The fraction of sp³-hybridized carbons (Fsp3) is 0.277. The second-order valence-corrected chi connectivity index (χ2v) is 45.2. The molecule has 141 heavy (non-hydrogen) atoms. The van der Waals surface area contributed by atoms with E-state index < -0.39 is 0 Å². The maximum absolute atomic E-state index is 2.52. The van der Waals surface area contributed by atoms with Gasteiger partial charge in [0.05, 0.1) is 5.41 Å². The summed E-state index contributed by atoms with van der Waals surface area (Å²) >= 11 is 0. The summed E-state index contributed by atoms with van der Waals surface area (Å²) in [6, 6.07) is 115. The quantitative estimate of drug-likeness (QED) is 0.165. The van der Waals surface area contributed by atoms with Gasteiger partial charge in [-0.2, -0.15) is 0 Å². The van der Waals surface area contributed by atoms with Crippen LogP contribution in [0.1, 0.15) is 284 Å². The van der Waals surface area contributed by atoms with Crippen LogP contribution >= 0.6 is 0 Å². The van der Waals surface area contributed by atoms with Crippen molar-refractivity contribution in [3.63, 3.8) is 0 Å². The van der Waals surface area contributed by atoms with E-state index in [1.165, 1.54) is 289 Å². The summed E-state index contributed by atoms with van der Waals surface area (Å²) in [6.07, 6.45) is 0. The third-order valence-corrected chi connectivity index (χ3v) is 31.7. The zero-order chi connectivity index (χ0) is 101. The lowest BCUT2D eigenvalue weighted by atomic mass is 9.68. The van der Waals surface area contributed by atoms with E-state index in [1.807, 2.05) is 0 Å². The SMILES string of the molecule is Cc1cc(C)c(C)cc1C.Cc1cc(C)cc(C2(C)c3cc(C)c(C)cc3-c3cc(C)c(C)cc32)c1.Cc1cc(C)cc(C2(C)c3cc(C)ccc3-c3ccc(C)cc32)c1.Cc1ccc(-c2cccc(C3c4cc(C)ccc4-c4ccc(C)c(C)c43)c2)cc1.Cc1ccc(C)c(C)c1.Cc1ccc(C)cc1.Cc1ccc2c(c1)C1(c3cc(C)ccc3-2)c2cc(C(C)(C)C)ccc2-c2ccc(C(C)(C)C)cc21. The largest absolute Gasteiger partial charge is 0.0725 e. The van der Waals surface area contributed by atoms with Crippen LogP contribution in [0.15, 0.2) is 303 Å². The number of hydrogen-bond acceptors (Lipinski definition) is 0. The molecule has 22 rings (SSSR count). The van der Waals surface area contributed by atoms with Crippen LogP contribution < -0.4 is 0 Å². The molecule has 1 spiro atoms. The molecule has 17 aromatic carbocycles. The highest BCUT2D eigenvalue weighted by atomic mass is 14.5. The molecule has 0 aromatic heterocycles. The zero-order valence-corrected chi connectivity index (χ0v) is 90.9. The molecule has 5 aliphatic rings. The molecule has 0 saturated heterocycles. The van der Waals surface area contributed by atoms with Gasteiger partial charge in [0.15, 0.2) is 0 Å². The van der Waals surface area contributed by atoms with Crippen LogP contribution in [0, 0.1) is 173 Å². The minimum absolute atomic E-state index is 0.0838. The van der Waals surface area contributed by atoms with Gasteiger partial charge < -0.3 is 0 Å². The smallest absolute Gasteiger partial charge is 0.0613 e. The van der Waals surface area contributed by atoms with Crippen molar-refractivity contribution in [2.75, 3.05) is 0 Å². The molecule has 0 heterocycles. The first-order chi connectivity index (χ1) is 66.6. The second kappa shape index (κ2) is 39.3. The standard InChI is InChI=1S/C35H36.C29H26.C26H28.C24H24.C10H14.C9H12.C8H10/c1-21-9-13-25-26-14-10-22(2)18-30(26)35(29(25)17-21)31-19-23(33(3,4)5)11-15-27(31)28-16-12-24(20-32(28)35)34(6,7)8;1-18-8-12-22(13-9-18)23-6-5-7-24(17-23)29-27-16-19(2)10-14-25(27)26-15-11-20(3)21(4)28(26)29;1-15-8-16(2)10-21(9-15)26(7)24-13-19(5)17(3)11-22(24)23-12-18(4)20(6)14-25(23)26;1-15-6-8-20-21-9-7-16(2)14-23(21)24(5,22(20)13-15)19-11-17(3)10-18(4)12-19;1-7-5-9(3)10(4)6-8(7)2;1-7-4-5-8(2)9(3)6-7;1-7-3-5-8(2)6-4-7/h9-20H,1-8H3;5-17,29H,1-4H3;8-14H,1-7H3;6-14H,1-5H3;5-6H,1-4H3;4-6H,1-3H3;3-6H,1-2H3. The van der Waals surface area contributed by atoms with Gasteiger partial charge in [0.2, 0.25) is 0 Å². The van der Waals surface area contributed by atoms with Crippen LogP contribution in [0.3, 0.4) is 0 Å². The molecule has 0 heteroatoms. The normalized spacial score (nSPS) is 13.7. The van der Waals surface area contributed by atoms with E-state index in [4.69, 9.17) is 0 Å². The van der Waals surface area contributed by atoms with Crippen LogP contribution in [0.5, 0.6) is 0 Å². The Hall–Kier alpha value is -13.3. The number of aryl methyl sites for hydroxylation is 24. The van der Waals surface area contributed by atoms with Gasteiger partial charge in [0.25, 0.3) is 0 Å². The van der Waals surface area contributed by atoms with Gasteiger partial charge >= 0.3 is 0 Å². The summed E-state index contributed by atoms with van der Waals surface area (Å²) in [5, 5.41) is 0. The monoisotopic (exact) mass is 1840 g/mol. The molecule has 17 aromatic rings. The fourth-order valence-electron chi connectivity index (χ4n) is 22.7. The molecule has 0 N–H and O–H groups in total. The average molecular weight is 1840 g/mol. The molecule has 0 fully saturated rings. The van der Waals surface area contributed by atoms with Crippen molar-refractivity contribution < 1.29 is 0 Å². The predicted molar refractivity (Wildman–Crippen MR) is 610 cm³/mol. The molecule has 0 saturated carbocycles. The lowest BCUT2D eigenvalue weighted by molar-refractivity contribution is 0.586. The molecule has 5 aliphatic carbocycles. The Kier molecular flexibility index (Phi) is 28.1. The lowest BCUT2D eigenvalue weighted by Gasteiger charge is -2.33. The van der Waals surface area contributed by atoms with E-state index in [0.717, 1.165) is 0 Å². The summed E-state index contributed by atoms with van der Waals surface area (Å²) in [6.45, 7) is 73.4. The van der Waals surface area contributed by atoms with Gasteiger partial charge in [-0.05, 0) is 415 Å². The molecule has 0 aliphatic heterocycles. The van der Waals surface area contributed by atoms with Gasteiger partial charge in [0.1, 0.15) is 0 Å². The van der Waals surface area contributed by atoms with E-state index in [1.54, 1.807) is 0 Å². The van der Waals surface area contributed by atoms with Crippen molar-refractivity contribution in [1.29, 1.82) is 0 Å². The first-order valence-electron chi connectivity index (χ1n) is 51.3. The third kappa shape index (κ3) is 19.5. The number of fused-ring (bicyclic) bond motifs is 19. The fourth-order valence-corrected chi connectivity index (χ4v) is 22.7. The zero-order valence-electron chi connectivity index (χ0n) is 90.9. The highest BCUT2D eigenvalue weighted by Gasteiger charge is 2.53. The van der Waals surface area contributed by atoms with E-state index in [9.17, 15) is 0 Å². The van der Waals surface area contributed by atoms with Gasteiger partial charge in [0, 0.05) is 16.7 Å². The van der Waals surface area contributed by atoms with E-state index >= 15 is 0 Å². The second-order valence-electron chi connectivity index (χ2n) is 45.2. The Balaban J connectivity index is 0.000000125. The van der Waals surface area contributed by atoms with Crippen LogP contribution in [-0.2, 0) is 27.1 Å². The highest BCUT2D eigenvalue weighted by Crippen LogP contribution is 2.65. The Labute approximate surface area is 848 Å². The molecule has 1 atom stereocenters. The summed E-state index contributed by atoms with van der Waals surface area (Å²) in [7, 11) is 0. The van der Waals surface area contributed by atoms with Gasteiger partial charge in [-0.1, -0.05) is 417 Å². The Bertz CT molecular complexity index is 7370. The van der Waals surface area contributed by atoms with Gasteiger partial charge in [-0.15, -0.1) is 0 Å². The molecular formula is C141H150. The van der Waals surface area contributed by atoms with Crippen molar-refractivity contribution in [2.24, 2.45) is 0 Å². The van der Waals surface area contributed by atoms with Crippen molar-refractivity contribution >= 4 is 0 Å². The minimum Gasteiger partial charge on any atom is -0.0613 e. The third-order valence-electron chi connectivity index (χ3n) is 31.7. The Morgan fingerprint density at radius 2 is 0.489 bits per heavy atom. The molecule has 0 radical (unpaired) electrons. The van der Waals surface area contributed by atoms with Crippen LogP contribution in [-0.4, -0.2) is 0 Å². The number of rotatable bonds is 4. The topological polar surface area (TPSA) is 0 Å². The minimum atomic E-state index is -0.282. The highest BCUT2D eigenvalue weighted by molar-refractivity contribution is 5.96. The molecular weight excluding hydrogens is 1690 g/mol. The van der Waals surface area contributed by atoms with Crippen LogP contribution in [0.25, 0.3) is 66.8 Å². The van der Waals surface area contributed by atoms with Crippen molar-refractivity contribution in [1.82, 2.24) is 0 Å². The van der Waals surface area contributed by atoms with Crippen molar-refractivity contribution in [3.8, 4) is 66.8 Å². The molecule has 0 amide bonds. The number of benzene rings is 17.